The molecule has 5 nitrogen and oxygen atoms in total. The van der Waals surface area contributed by atoms with E-state index in [1.807, 2.05) is 7.05 Å². The SMILES string of the molecule is C=CC(=O)Nc1sc2c(c1-c1nc3cc(C(F)(F)F)ccc3s1)CCN(NC)C2. The van der Waals surface area contributed by atoms with Gasteiger partial charge in [-0.3, -0.25) is 10.2 Å². The maximum atomic E-state index is 13.0. The van der Waals surface area contributed by atoms with E-state index in [9.17, 15) is 18.0 Å². The molecule has 0 saturated carbocycles. The van der Waals surface area contributed by atoms with Crippen molar-refractivity contribution in [2.45, 2.75) is 19.1 Å². The van der Waals surface area contributed by atoms with E-state index in [1.165, 1.54) is 34.8 Å². The second-order valence-electron chi connectivity index (χ2n) is 6.50. The number of thiophene rings is 1. The Hall–Kier alpha value is -2.27. The smallest absolute Gasteiger partial charge is 0.314 e. The Bertz CT molecular complexity index is 1100. The molecule has 3 aromatic rings. The number of carbonyl (C=O) groups is 1. The Morgan fingerprint density at radius 2 is 2.14 bits per heavy atom. The third-order valence-electron chi connectivity index (χ3n) is 4.72. The van der Waals surface area contributed by atoms with Gasteiger partial charge in [-0.1, -0.05) is 6.58 Å². The van der Waals surface area contributed by atoms with E-state index < -0.39 is 11.7 Å². The normalized spacial score (nSPS) is 14.8. The lowest BCUT2D eigenvalue weighted by atomic mass is 10.0. The molecule has 0 unspecified atom stereocenters. The quantitative estimate of drug-likeness (QED) is 0.582. The summed E-state index contributed by atoms with van der Waals surface area (Å²) < 4.78 is 39.8. The monoisotopic (exact) mass is 438 g/mol. The number of benzene rings is 1. The summed E-state index contributed by atoms with van der Waals surface area (Å²) in [5.41, 5.74) is 4.58. The van der Waals surface area contributed by atoms with Gasteiger partial charge in [-0.2, -0.15) is 13.2 Å². The maximum Gasteiger partial charge on any atom is 0.416 e. The van der Waals surface area contributed by atoms with Gasteiger partial charge in [-0.25, -0.2) is 9.99 Å². The molecule has 1 amide bonds. The van der Waals surface area contributed by atoms with Gasteiger partial charge in [0.2, 0.25) is 5.91 Å². The van der Waals surface area contributed by atoms with Crippen molar-refractivity contribution in [1.82, 2.24) is 15.4 Å². The number of carbonyl (C=O) groups excluding carboxylic acids is 1. The van der Waals surface area contributed by atoms with E-state index in [1.54, 1.807) is 0 Å². The Balaban J connectivity index is 1.83. The van der Waals surface area contributed by atoms with Crippen LogP contribution in [0.3, 0.4) is 0 Å². The summed E-state index contributed by atoms with van der Waals surface area (Å²) in [6.45, 7) is 4.95. The minimum atomic E-state index is -4.42. The lowest BCUT2D eigenvalue weighted by Crippen LogP contribution is -2.38. The van der Waals surface area contributed by atoms with Gasteiger partial charge in [-0.15, -0.1) is 22.7 Å². The first kappa shape index (κ1) is 20.0. The molecule has 0 atom stereocenters. The van der Waals surface area contributed by atoms with Gasteiger partial charge in [-0.05, 0) is 43.3 Å². The lowest BCUT2D eigenvalue weighted by molar-refractivity contribution is -0.137. The molecule has 10 heteroatoms. The number of aromatic nitrogens is 1. The molecule has 3 heterocycles. The van der Waals surface area contributed by atoms with Crippen LogP contribution in [-0.2, 0) is 23.9 Å². The van der Waals surface area contributed by atoms with Gasteiger partial charge in [0.1, 0.15) is 10.0 Å². The van der Waals surface area contributed by atoms with Gasteiger partial charge in [0.15, 0.2) is 0 Å². The minimum Gasteiger partial charge on any atom is -0.314 e. The highest BCUT2D eigenvalue weighted by atomic mass is 32.1. The molecule has 0 bridgehead atoms. The van der Waals surface area contributed by atoms with Crippen molar-refractivity contribution in [3.05, 3.63) is 46.9 Å². The average Bonchev–Trinajstić information content (AvgIpc) is 3.25. The number of thiazole rings is 1. The van der Waals surface area contributed by atoms with Crippen LogP contribution in [0.25, 0.3) is 20.8 Å². The summed E-state index contributed by atoms with van der Waals surface area (Å²) in [6.07, 6.45) is -2.48. The van der Waals surface area contributed by atoms with Crippen LogP contribution in [-0.4, -0.2) is 29.5 Å². The largest absolute Gasteiger partial charge is 0.416 e. The van der Waals surface area contributed by atoms with Crippen LogP contribution >= 0.6 is 22.7 Å². The minimum absolute atomic E-state index is 0.299. The molecule has 1 aliphatic rings. The zero-order valence-electron chi connectivity index (χ0n) is 15.4. The molecule has 0 saturated heterocycles. The number of hydrazine groups is 1. The third-order valence-corrected chi connectivity index (χ3v) is 6.91. The van der Waals surface area contributed by atoms with E-state index in [-0.39, 0.29) is 5.91 Å². The molecule has 1 aliphatic heterocycles. The van der Waals surface area contributed by atoms with E-state index in [0.29, 0.717) is 26.8 Å². The highest BCUT2D eigenvalue weighted by molar-refractivity contribution is 7.23. The standard InChI is InChI=1S/C19H17F3N4OS2/c1-3-15(27)25-18-16(11-6-7-26(23-2)9-14(11)29-18)17-24-12-8-10(19(20,21)22)4-5-13(12)28-17/h3-5,8,23H,1,6-7,9H2,2H3,(H,25,27). The van der Waals surface area contributed by atoms with Crippen LogP contribution in [0.4, 0.5) is 18.2 Å². The van der Waals surface area contributed by atoms with Gasteiger partial charge < -0.3 is 5.32 Å². The Kier molecular flexibility index (Phi) is 5.19. The van der Waals surface area contributed by atoms with E-state index in [4.69, 9.17) is 0 Å². The van der Waals surface area contributed by atoms with Crippen molar-refractivity contribution in [2.24, 2.45) is 0 Å². The van der Waals surface area contributed by atoms with Crippen LogP contribution in [0.5, 0.6) is 0 Å². The van der Waals surface area contributed by atoms with E-state index in [2.05, 4.69) is 27.3 Å². The molecular weight excluding hydrogens is 421 g/mol. The predicted molar refractivity (Wildman–Crippen MR) is 110 cm³/mol. The summed E-state index contributed by atoms with van der Waals surface area (Å²) in [5.74, 6) is -0.337. The molecule has 0 spiro atoms. The van der Waals surface area contributed by atoms with Crippen molar-refractivity contribution in [3.63, 3.8) is 0 Å². The number of nitrogens with zero attached hydrogens (tertiary/aromatic N) is 2. The second kappa shape index (κ2) is 7.52. The van der Waals surface area contributed by atoms with Crippen LogP contribution < -0.4 is 10.7 Å². The summed E-state index contributed by atoms with van der Waals surface area (Å²) in [6, 6.07) is 3.58. The van der Waals surface area contributed by atoms with Crippen molar-refractivity contribution in [2.75, 3.05) is 18.9 Å². The number of anilines is 1. The van der Waals surface area contributed by atoms with E-state index >= 15 is 0 Å². The van der Waals surface area contributed by atoms with Gasteiger partial charge in [0.05, 0.1) is 15.8 Å². The van der Waals surface area contributed by atoms with Crippen molar-refractivity contribution in [3.8, 4) is 10.6 Å². The number of alkyl halides is 3. The molecular formula is C19H17F3N4OS2. The molecule has 2 aromatic heterocycles. The molecule has 0 fully saturated rings. The number of fused-ring (bicyclic) bond motifs is 2. The van der Waals surface area contributed by atoms with Gasteiger partial charge >= 0.3 is 6.18 Å². The zero-order valence-corrected chi connectivity index (χ0v) is 17.0. The summed E-state index contributed by atoms with van der Waals surface area (Å²) in [5, 5.41) is 6.16. The third kappa shape index (κ3) is 3.80. The fourth-order valence-electron chi connectivity index (χ4n) is 3.28. The lowest BCUT2D eigenvalue weighted by Gasteiger charge is -2.25. The Morgan fingerprint density at radius 3 is 2.83 bits per heavy atom. The van der Waals surface area contributed by atoms with Crippen LogP contribution in [0, 0.1) is 0 Å². The second-order valence-corrected chi connectivity index (χ2v) is 8.63. The number of rotatable bonds is 4. The number of hydrogen-bond donors (Lipinski definition) is 2. The number of amides is 1. The van der Waals surface area contributed by atoms with Crippen LogP contribution in [0.2, 0.25) is 0 Å². The number of halogens is 3. The van der Waals surface area contributed by atoms with Gasteiger partial charge in [0.25, 0.3) is 0 Å². The first-order chi connectivity index (χ1) is 13.8. The van der Waals surface area contributed by atoms with E-state index in [0.717, 1.165) is 41.1 Å². The first-order valence-corrected chi connectivity index (χ1v) is 10.4. The molecule has 4 rings (SSSR count). The maximum absolute atomic E-state index is 13.0. The fourth-order valence-corrected chi connectivity index (χ4v) is 5.64. The van der Waals surface area contributed by atoms with Gasteiger partial charge in [0, 0.05) is 23.5 Å². The highest BCUT2D eigenvalue weighted by Crippen LogP contribution is 2.46. The fraction of sp³-hybridized carbons (Fsp3) is 0.263. The zero-order chi connectivity index (χ0) is 20.8. The number of nitrogens with one attached hydrogen (secondary N) is 2. The summed E-state index contributed by atoms with van der Waals surface area (Å²) in [7, 11) is 1.85. The topological polar surface area (TPSA) is 57.3 Å². The molecule has 29 heavy (non-hydrogen) atoms. The summed E-state index contributed by atoms with van der Waals surface area (Å²) in [4.78, 5) is 17.5. The first-order valence-electron chi connectivity index (χ1n) is 8.78. The Morgan fingerprint density at radius 1 is 1.34 bits per heavy atom. The highest BCUT2D eigenvalue weighted by Gasteiger charge is 2.31. The predicted octanol–water partition coefficient (Wildman–Crippen LogP) is 4.66. The molecule has 0 radical (unpaired) electrons. The van der Waals surface area contributed by atoms with Crippen LogP contribution in [0.1, 0.15) is 16.0 Å². The van der Waals surface area contributed by atoms with Crippen molar-refractivity contribution in [1.29, 1.82) is 0 Å². The van der Waals surface area contributed by atoms with Crippen molar-refractivity contribution < 1.29 is 18.0 Å². The van der Waals surface area contributed by atoms with Crippen molar-refractivity contribution >= 4 is 43.8 Å². The molecule has 152 valence electrons. The molecule has 1 aromatic carbocycles. The molecule has 0 aliphatic carbocycles. The molecule has 2 N–H and O–H groups in total. The number of hydrogen-bond acceptors (Lipinski definition) is 6. The summed E-state index contributed by atoms with van der Waals surface area (Å²) >= 11 is 2.79. The van der Waals surface area contributed by atoms with Crippen LogP contribution in [0.15, 0.2) is 30.9 Å². The average molecular weight is 439 g/mol. The Labute approximate surface area is 172 Å².